The highest BCUT2D eigenvalue weighted by Gasteiger charge is 2.60. The summed E-state index contributed by atoms with van der Waals surface area (Å²) in [5.74, 6) is 1.65. The summed E-state index contributed by atoms with van der Waals surface area (Å²) in [6.45, 7) is 4.70. The van der Waals surface area contributed by atoms with Crippen molar-refractivity contribution in [3.8, 4) is 0 Å². The highest BCUT2D eigenvalue weighted by atomic mass is 16.2. The maximum atomic E-state index is 13.0. The molecule has 3 N–H and O–H groups in total. The number of hydrogen-bond acceptors (Lipinski definition) is 4. The van der Waals surface area contributed by atoms with Crippen LogP contribution in [-0.4, -0.2) is 29.4 Å². The average Bonchev–Trinajstić information content (AvgIpc) is 3.47. The molecule has 1 aromatic rings. The predicted molar refractivity (Wildman–Crippen MR) is 98.8 cm³/mol. The zero-order valence-electron chi connectivity index (χ0n) is 15.1. The van der Waals surface area contributed by atoms with Crippen LogP contribution in [0.25, 0.3) is 0 Å². The fourth-order valence-corrected chi connectivity index (χ4v) is 4.08. The molecule has 6 nitrogen and oxygen atoms in total. The van der Waals surface area contributed by atoms with Gasteiger partial charge in [-0.05, 0) is 57.1 Å². The van der Waals surface area contributed by atoms with Gasteiger partial charge in [-0.2, -0.15) is 0 Å². The summed E-state index contributed by atoms with van der Waals surface area (Å²) >= 11 is 0. The number of hydrogen-bond donors (Lipinski definition) is 2. The standard InChI is InChI=1S/C19H27N5O/c1-3-4-11-23-14-8-5-12(2)22-16(14)24(15(20)17(23)25)18(21)19(9-10-19)13-6-7-13/h5,8,13,15,21H,3-4,6-7,9-11,20H2,1-2H3. The van der Waals surface area contributed by atoms with Crippen LogP contribution in [0.4, 0.5) is 11.5 Å². The number of carbonyl (C=O) groups is 1. The fraction of sp³-hybridized carbons (Fsp3) is 0.632. The van der Waals surface area contributed by atoms with E-state index in [1.54, 1.807) is 9.80 Å². The zero-order chi connectivity index (χ0) is 17.8. The van der Waals surface area contributed by atoms with Gasteiger partial charge >= 0.3 is 0 Å². The van der Waals surface area contributed by atoms with E-state index in [9.17, 15) is 4.79 Å². The van der Waals surface area contributed by atoms with Crippen LogP contribution in [0.2, 0.25) is 0 Å². The number of anilines is 2. The number of nitrogens with zero attached hydrogens (tertiary/aromatic N) is 3. The molecule has 2 saturated carbocycles. The molecule has 1 unspecified atom stereocenters. The van der Waals surface area contributed by atoms with Crippen LogP contribution >= 0.6 is 0 Å². The topological polar surface area (TPSA) is 86.3 Å². The second-order valence-electron chi connectivity index (χ2n) is 7.73. The van der Waals surface area contributed by atoms with Crippen molar-refractivity contribution >= 4 is 23.2 Å². The normalized spacial score (nSPS) is 24.3. The number of fused-ring (bicyclic) bond motifs is 1. The largest absolute Gasteiger partial charge is 0.306 e. The monoisotopic (exact) mass is 341 g/mol. The van der Waals surface area contributed by atoms with E-state index in [0.29, 0.717) is 24.1 Å². The van der Waals surface area contributed by atoms with Crippen LogP contribution in [0.15, 0.2) is 12.1 Å². The van der Waals surface area contributed by atoms with E-state index in [0.717, 1.165) is 37.1 Å². The minimum atomic E-state index is -0.845. The summed E-state index contributed by atoms with van der Waals surface area (Å²) in [5.41, 5.74) is 7.96. The minimum absolute atomic E-state index is 0.0633. The summed E-state index contributed by atoms with van der Waals surface area (Å²) in [5, 5.41) is 8.88. The molecule has 25 heavy (non-hydrogen) atoms. The molecule has 2 fully saturated rings. The van der Waals surface area contributed by atoms with Crippen molar-refractivity contribution in [2.75, 3.05) is 16.3 Å². The summed E-state index contributed by atoms with van der Waals surface area (Å²) in [6, 6.07) is 3.88. The van der Waals surface area contributed by atoms with Crippen molar-refractivity contribution in [2.24, 2.45) is 17.1 Å². The highest BCUT2D eigenvalue weighted by molar-refractivity contribution is 6.14. The second kappa shape index (κ2) is 5.80. The molecule has 0 radical (unpaired) electrons. The van der Waals surface area contributed by atoms with Crippen LogP contribution in [-0.2, 0) is 4.79 Å². The van der Waals surface area contributed by atoms with Crippen molar-refractivity contribution in [3.05, 3.63) is 17.8 Å². The Morgan fingerprint density at radius 1 is 1.40 bits per heavy atom. The number of nitrogens with one attached hydrogen (secondary N) is 1. The van der Waals surface area contributed by atoms with Crippen molar-refractivity contribution in [3.63, 3.8) is 0 Å². The Bertz CT molecular complexity index is 723. The predicted octanol–water partition coefficient (Wildman–Crippen LogP) is 2.80. The number of rotatable bonds is 5. The number of nitrogens with two attached hydrogens (primary N) is 1. The maximum absolute atomic E-state index is 13.0. The molecule has 4 rings (SSSR count). The third-order valence-corrected chi connectivity index (χ3v) is 5.91. The van der Waals surface area contributed by atoms with Gasteiger partial charge in [0.15, 0.2) is 12.0 Å². The zero-order valence-corrected chi connectivity index (χ0v) is 15.1. The molecular formula is C19H27N5O. The van der Waals surface area contributed by atoms with Crippen LogP contribution in [0.3, 0.4) is 0 Å². The lowest BCUT2D eigenvalue weighted by atomic mass is 9.96. The fourth-order valence-electron chi connectivity index (χ4n) is 4.08. The van der Waals surface area contributed by atoms with E-state index in [1.165, 1.54) is 12.8 Å². The summed E-state index contributed by atoms with van der Waals surface area (Å²) in [7, 11) is 0. The van der Waals surface area contributed by atoms with Gasteiger partial charge < -0.3 is 10.6 Å². The molecule has 2 heterocycles. The van der Waals surface area contributed by atoms with Gasteiger partial charge in [-0.15, -0.1) is 0 Å². The maximum Gasteiger partial charge on any atom is 0.265 e. The Morgan fingerprint density at radius 2 is 2.12 bits per heavy atom. The van der Waals surface area contributed by atoms with Gasteiger partial charge in [0.25, 0.3) is 5.91 Å². The van der Waals surface area contributed by atoms with Gasteiger partial charge in [-0.3, -0.25) is 15.1 Å². The van der Waals surface area contributed by atoms with Crippen molar-refractivity contribution in [1.82, 2.24) is 4.98 Å². The molecule has 3 aliphatic rings. The Balaban J connectivity index is 1.75. The number of carbonyl (C=O) groups excluding carboxylic acids is 1. The van der Waals surface area contributed by atoms with Gasteiger partial charge in [0.2, 0.25) is 0 Å². The number of unbranched alkanes of at least 4 members (excludes halogenated alkanes) is 1. The van der Waals surface area contributed by atoms with E-state index >= 15 is 0 Å². The summed E-state index contributed by atoms with van der Waals surface area (Å²) in [6.07, 6.45) is 5.55. The second-order valence-corrected chi connectivity index (χ2v) is 7.73. The van der Waals surface area contributed by atoms with Crippen molar-refractivity contribution in [1.29, 1.82) is 5.41 Å². The van der Waals surface area contributed by atoms with Gasteiger partial charge in [0.05, 0.1) is 5.69 Å². The first-order valence-electron chi connectivity index (χ1n) is 9.42. The van der Waals surface area contributed by atoms with Gasteiger partial charge in [-0.25, -0.2) is 4.98 Å². The number of pyridine rings is 1. The van der Waals surface area contributed by atoms with Crippen LogP contribution in [0.5, 0.6) is 0 Å². The van der Waals surface area contributed by atoms with Gasteiger partial charge in [0.1, 0.15) is 5.84 Å². The Morgan fingerprint density at radius 3 is 2.72 bits per heavy atom. The highest BCUT2D eigenvalue weighted by Crippen LogP contribution is 2.62. The molecule has 1 amide bonds. The molecule has 2 aliphatic carbocycles. The Hall–Kier alpha value is -1.95. The minimum Gasteiger partial charge on any atom is -0.306 e. The molecule has 0 saturated heterocycles. The van der Waals surface area contributed by atoms with E-state index in [1.807, 2.05) is 19.1 Å². The SMILES string of the molecule is CCCCN1C(=O)C(N)N(C(=N)C2(C3CC3)CC2)c2nc(C)ccc21. The molecule has 0 bridgehead atoms. The summed E-state index contributed by atoms with van der Waals surface area (Å²) < 4.78 is 0. The molecule has 1 atom stereocenters. The number of aryl methyl sites for hydroxylation is 1. The summed E-state index contributed by atoms with van der Waals surface area (Å²) in [4.78, 5) is 21.1. The van der Waals surface area contributed by atoms with Crippen molar-refractivity contribution in [2.45, 2.75) is 58.5 Å². The van der Waals surface area contributed by atoms with Gasteiger partial charge in [-0.1, -0.05) is 13.3 Å². The lowest BCUT2D eigenvalue weighted by Crippen LogP contribution is -2.61. The Labute approximate surface area is 148 Å². The van der Waals surface area contributed by atoms with Crippen LogP contribution < -0.4 is 15.5 Å². The lowest BCUT2D eigenvalue weighted by Gasteiger charge is -2.42. The number of amidine groups is 1. The van der Waals surface area contributed by atoms with E-state index < -0.39 is 6.17 Å². The molecule has 134 valence electrons. The first-order valence-corrected chi connectivity index (χ1v) is 9.42. The van der Waals surface area contributed by atoms with E-state index in [-0.39, 0.29) is 11.3 Å². The lowest BCUT2D eigenvalue weighted by molar-refractivity contribution is -0.119. The molecule has 6 heteroatoms. The number of amides is 1. The first-order chi connectivity index (χ1) is 12.0. The van der Waals surface area contributed by atoms with Crippen molar-refractivity contribution < 1.29 is 4.79 Å². The molecule has 1 aliphatic heterocycles. The smallest absolute Gasteiger partial charge is 0.265 e. The quantitative estimate of drug-likeness (QED) is 0.637. The molecular weight excluding hydrogens is 314 g/mol. The number of aromatic nitrogens is 1. The van der Waals surface area contributed by atoms with E-state index in [4.69, 9.17) is 16.1 Å². The average molecular weight is 341 g/mol. The third-order valence-electron chi connectivity index (χ3n) is 5.91. The Kier molecular flexibility index (Phi) is 3.83. The molecule has 0 spiro atoms. The van der Waals surface area contributed by atoms with Gasteiger partial charge in [0, 0.05) is 17.7 Å². The van der Waals surface area contributed by atoms with E-state index in [2.05, 4.69) is 6.92 Å². The first kappa shape index (κ1) is 16.5. The third kappa shape index (κ3) is 2.54. The molecule has 0 aromatic carbocycles. The van der Waals surface area contributed by atoms with Crippen LogP contribution in [0, 0.1) is 23.7 Å². The molecule has 1 aromatic heterocycles. The van der Waals surface area contributed by atoms with Crippen LogP contribution in [0.1, 0.15) is 51.1 Å².